The Kier molecular flexibility index (Phi) is 4.95. The van der Waals surface area contributed by atoms with E-state index in [0.29, 0.717) is 5.75 Å². The first kappa shape index (κ1) is 15.1. The van der Waals surface area contributed by atoms with Crippen molar-refractivity contribution in [2.24, 2.45) is 5.73 Å². The van der Waals surface area contributed by atoms with Crippen LogP contribution in [-0.4, -0.2) is 12.5 Å². The van der Waals surface area contributed by atoms with E-state index in [1.54, 1.807) is 0 Å². The molecule has 2 aromatic carbocycles. The van der Waals surface area contributed by atoms with E-state index in [1.807, 2.05) is 62.4 Å². The van der Waals surface area contributed by atoms with E-state index in [4.69, 9.17) is 10.5 Å². The van der Waals surface area contributed by atoms with Crippen molar-refractivity contribution in [2.45, 2.75) is 19.9 Å². The normalized spacial score (nSPS) is 11.8. The molecule has 0 aliphatic heterocycles. The molecule has 0 saturated carbocycles. The van der Waals surface area contributed by atoms with Crippen molar-refractivity contribution < 1.29 is 9.53 Å². The first-order valence-electron chi connectivity index (χ1n) is 6.90. The smallest absolute Gasteiger partial charge is 0.262 e. The Bertz CT molecular complexity index is 624. The Morgan fingerprint density at radius 1 is 1.24 bits per heavy atom. The zero-order valence-electron chi connectivity index (χ0n) is 12.3. The largest absolute Gasteiger partial charge is 0.484 e. The van der Waals surface area contributed by atoms with Crippen molar-refractivity contribution >= 4 is 11.6 Å². The zero-order chi connectivity index (χ0) is 15.2. The molecule has 0 unspecified atom stereocenters. The predicted molar refractivity (Wildman–Crippen MR) is 84.3 cm³/mol. The molecule has 1 amide bonds. The molecule has 4 nitrogen and oxygen atoms in total. The highest BCUT2D eigenvalue weighted by atomic mass is 16.5. The summed E-state index contributed by atoms with van der Waals surface area (Å²) >= 11 is 0. The summed E-state index contributed by atoms with van der Waals surface area (Å²) in [6.07, 6.45) is 0. The third-order valence-electron chi connectivity index (χ3n) is 3.17. The number of aryl methyl sites for hydroxylation is 1. The van der Waals surface area contributed by atoms with Gasteiger partial charge in [-0.1, -0.05) is 30.3 Å². The van der Waals surface area contributed by atoms with E-state index >= 15 is 0 Å². The van der Waals surface area contributed by atoms with Gasteiger partial charge in [-0.05, 0) is 43.2 Å². The lowest BCUT2D eigenvalue weighted by molar-refractivity contribution is -0.118. The van der Waals surface area contributed by atoms with Crippen LogP contribution in [0.15, 0.2) is 48.5 Å². The second-order valence-corrected chi connectivity index (χ2v) is 5.01. The number of amides is 1. The Morgan fingerprint density at radius 2 is 2.00 bits per heavy atom. The summed E-state index contributed by atoms with van der Waals surface area (Å²) in [5, 5.41) is 2.83. The number of ether oxygens (including phenoxy) is 1. The monoisotopic (exact) mass is 284 g/mol. The second kappa shape index (κ2) is 6.90. The zero-order valence-corrected chi connectivity index (χ0v) is 12.3. The van der Waals surface area contributed by atoms with Crippen molar-refractivity contribution in [1.82, 2.24) is 0 Å². The molecule has 0 heterocycles. The number of nitrogens with two attached hydrogens (primary N) is 1. The van der Waals surface area contributed by atoms with Gasteiger partial charge in [-0.25, -0.2) is 0 Å². The molecule has 0 radical (unpaired) electrons. The van der Waals surface area contributed by atoms with Crippen molar-refractivity contribution in [1.29, 1.82) is 0 Å². The Hall–Kier alpha value is -2.33. The summed E-state index contributed by atoms with van der Waals surface area (Å²) in [5.74, 6) is 0.459. The number of benzene rings is 2. The number of rotatable bonds is 5. The molecule has 21 heavy (non-hydrogen) atoms. The molecule has 1 atom stereocenters. The minimum atomic E-state index is -0.185. The molecule has 2 rings (SSSR count). The second-order valence-electron chi connectivity index (χ2n) is 5.01. The quantitative estimate of drug-likeness (QED) is 0.887. The van der Waals surface area contributed by atoms with Crippen LogP contribution in [0.25, 0.3) is 0 Å². The van der Waals surface area contributed by atoms with Crippen LogP contribution in [0.1, 0.15) is 24.1 Å². The minimum Gasteiger partial charge on any atom is -0.484 e. The van der Waals surface area contributed by atoms with Crippen molar-refractivity contribution in [3.63, 3.8) is 0 Å². The summed E-state index contributed by atoms with van der Waals surface area (Å²) in [7, 11) is 0. The standard InChI is InChI=1S/C17H20N2O2/c1-12-6-3-4-9-16(12)19-17(20)11-21-15-8-5-7-14(10-15)13(2)18/h3-10,13H,11,18H2,1-2H3,(H,19,20)/t13-/m0/s1. The fraction of sp³-hybridized carbons (Fsp3) is 0.235. The third-order valence-corrected chi connectivity index (χ3v) is 3.17. The molecule has 4 heteroatoms. The van der Waals surface area contributed by atoms with Gasteiger partial charge in [0.2, 0.25) is 0 Å². The summed E-state index contributed by atoms with van der Waals surface area (Å²) in [4.78, 5) is 11.9. The highest BCUT2D eigenvalue weighted by molar-refractivity contribution is 5.92. The number of anilines is 1. The Labute approximate surface area is 124 Å². The maximum atomic E-state index is 11.9. The van der Waals surface area contributed by atoms with Gasteiger partial charge in [-0.3, -0.25) is 4.79 Å². The summed E-state index contributed by atoms with van der Waals surface area (Å²) < 4.78 is 5.50. The molecule has 0 aliphatic rings. The van der Waals surface area contributed by atoms with E-state index in [-0.39, 0.29) is 18.6 Å². The maximum absolute atomic E-state index is 11.9. The van der Waals surface area contributed by atoms with Gasteiger partial charge in [0.15, 0.2) is 6.61 Å². The van der Waals surface area contributed by atoms with Crippen LogP contribution in [0.4, 0.5) is 5.69 Å². The number of para-hydroxylation sites is 1. The first-order chi connectivity index (χ1) is 10.1. The van der Waals surface area contributed by atoms with Crippen molar-refractivity contribution in [3.8, 4) is 5.75 Å². The number of hydrogen-bond acceptors (Lipinski definition) is 3. The molecule has 0 bridgehead atoms. The van der Waals surface area contributed by atoms with Gasteiger partial charge in [0.05, 0.1) is 0 Å². The minimum absolute atomic E-state index is 0.0310. The molecule has 0 spiro atoms. The van der Waals surface area contributed by atoms with Gasteiger partial charge < -0.3 is 15.8 Å². The molecular formula is C17H20N2O2. The maximum Gasteiger partial charge on any atom is 0.262 e. The van der Waals surface area contributed by atoms with Gasteiger partial charge in [-0.15, -0.1) is 0 Å². The molecule has 0 aliphatic carbocycles. The molecule has 2 aromatic rings. The lowest BCUT2D eigenvalue weighted by atomic mass is 10.1. The highest BCUT2D eigenvalue weighted by Crippen LogP contribution is 2.18. The topological polar surface area (TPSA) is 64.3 Å². The van der Waals surface area contributed by atoms with Crippen LogP contribution in [0.2, 0.25) is 0 Å². The molecule has 0 saturated heterocycles. The highest BCUT2D eigenvalue weighted by Gasteiger charge is 2.06. The lowest BCUT2D eigenvalue weighted by Crippen LogP contribution is -2.20. The third kappa shape index (κ3) is 4.33. The van der Waals surface area contributed by atoms with E-state index in [0.717, 1.165) is 16.8 Å². The van der Waals surface area contributed by atoms with Crippen LogP contribution in [-0.2, 0) is 4.79 Å². The summed E-state index contributed by atoms with van der Waals surface area (Å²) in [5.41, 5.74) is 8.62. The van der Waals surface area contributed by atoms with Crippen molar-refractivity contribution in [2.75, 3.05) is 11.9 Å². The van der Waals surface area contributed by atoms with Crippen LogP contribution in [0, 0.1) is 6.92 Å². The Balaban J connectivity index is 1.92. The number of hydrogen-bond donors (Lipinski definition) is 2. The van der Waals surface area contributed by atoms with Crippen molar-refractivity contribution in [3.05, 3.63) is 59.7 Å². The fourth-order valence-corrected chi connectivity index (χ4v) is 1.94. The predicted octanol–water partition coefficient (Wildman–Crippen LogP) is 3.03. The van der Waals surface area contributed by atoms with E-state index in [1.165, 1.54) is 0 Å². The van der Waals surface area contributed by atoms with Crippen LogP contribution in [0.5, 0.6) is 5.75 Å². The summed E-state index contributed by atoms with van der Waals surface area (Å²) in [6.45, 7) is 3.82. The lowest BCUT2D eigenvalue weighted by Gasteiger charge is -2.11. The fourth-order valence-electron chi connectivity index (χ4n) is 1.94. The van der Waals surface area contributed by atoms with Crippen LogP contribution >= 0.6 is 0 Å². The van der Waals surface area contributed by atoms with Gasteiger partial charge in [0.1, 0.15) is 5.75 Å². The van der Waals surface area contributed by atoms with Crippen LogP contribution < -0.4 is 15.8 Å². The summed E-state index contributed by atoms with van der Waals surface area (Å²) in [6, 6.07) is 15.0. The molecule has 3 N–H and O–H groups in total. The van der Waals surface area contributed by atoms with Gasteiger partial charge >= 0.3 is 0 Å². The molecule has 110 valence electrons. The average molecular weight is 284 g/mol. The Morgan fingerprint density at radius 3 is 2.71 bits per heavy atom. The van der Waals surface area contributed by atoms with Gasteiger partial charge in [-0.2, -0.15) is 0 Å². The molecule has 0 aromatic heterocycles. The van der Waals surface area contributed by atoms with Gasteiger partial charge in [0.25, 0.3) is 5.91 Å². The number of nitrogens with one attached hydrogen (secondary N) is 1. The molecule has 0 fully saturated rings. The van der Waals surface area contributed by atoms with Gasteiger partial charge in [0, 0.05) is 11.7 Å². The van der Waals surface area contributed by atoms with Crippen LogP contribution in [0.3, 0.4) is 0 Å². The van der Waals surface area contributed by atoms with E-state index < -0.39 is 0 Å². The first-order valence-corrected chi connectivity index (χ1v) is 6.90. The number of carbonyl (C=O) groups excluding carboxylic acids is 1. The number of carbonyl (C=O) groups is 1. The average Bonchev–Trinajstić information content (AvgIpc) is 2.48. The SMILES string of the molecule is Cc1ccccc1NC(=O)COc1cccc([C@H](C)N)c1. The van der Waals surface area contributed by atoms with E-state index in [2.05, 4.69) is 5.32 Å². The molecular weight excluding hydrogens is 264 g/mol. The van der Waals surface area contributed by atoms with E-state index in [9.17, 15) is 4.79 Å².